The summed E-state index contributed by atoms with van der Waals surface area (Å²) in [6.45, 7) is 21.0. The minimum atomic E-state index is -0.213. The van der Waals surface area contributed by atoms with Crippen molar-refractivity contribution in [2.45, 2.75) is 78.6 Å². The number of hydrogen-bond acceptors (Lipinski definition) is 2. The first-order valence-electron chi connectivity index (χ1n) is 31.4. The zero-order valence-electron chi connectivity index (χ0n) is 51.6. The third-order valence-electron chi connectivity index (χ3n) is 19.8. The first kappa shape index (κ1) is 52.4. The quantitative estimate of drug-likeness (QED) is 0.129. The first-order valence-corrected chi connectivity index (χ1v) is 31.4. The van der Waals surface area contributed by atoms with Gasteiger partial charge in [-0.15, -0.1) is 0 Å². The van der Waals surface area contributed by atoms with E-state index in [0.717, 1.165) is 17.1 Å². The molecule has 0 radical (unpaired) electrons. The fraction of sp³-hybridized carbons (Fsp3) is 0.143. The predicted octanol–water partition coefficient (Wildman–Crippen LogP) is 21.3. The summed E-state index contributed by atoms with van der Waals surface area (Å²) >= 11 is 0. The highest BCUT2D eigenvalue weighted by Crippen LogP contribution is 2.50. The molecule has 14 aromatic carbocycles. The molecule has 0 spiro atoms. The van der Waals surface area contributed by atoms with Gasteiger partial charge in [0.2, 0.25) is 0 Å². The van der Waals surface area contributed by atoms with Crippen molar-refractivity contribution in [3.63, 3.8) is 0 Å². The molecule has 0 bridgehead atoms. The molecule has 17 rings (SSSR count). The van der Waals surface area contributed by atoms with E-state index in [1.165, 1.54) is 153 Å². The molecule has 88 heavy (non-hydrogen) atoms. The molecule has 0 N–H and O–H groups in total. The first-order chi connectivity index (χ1) is 42.5. The van der Waals surface area contributed by atoms with Crippen LogP contribution in [-0.2, 0) is 16.2 Å². The molecule has 0 atom stereocenters. The Morgan fingerprint density at radius 2 is 0.659 bits per heavy atom. The maximum atomic E-state index is 2.65. The normalized spacial score (nSPS) is 13.4. The lowest BCUT2D eigenvalue weighted by molar-refractivity contribution is 0.590. The van der Waals surface area contributed by atoms with Gasteiger partial charge in [-0.25, -0.2) is 0 Å². The Morgan fingerprint density at radius 1 is 0.250 bits per heavy atom. The van der Waals surface area contributed by atoms with Crippen LogP contribution in [0.25, 0.3) is 103 Å². The van der Waals surface area contributed by atoms with Crippen molar-refractivity contribution in [2.24, 2.45) is 0 Å². The number of anilines is 6. The van der Waals surface area contributed by atoms with Crippen molar-refractivity contribution in [2.75, 3.05) is 9.80 Å². The van der Waals surface area contributed by atoms with Gasteiger partial charge in [0.25, 0.3) is 6.71 Å². The summed E-state index contributed by atoms with van der Waals surface area (Å²) < 4.78 is 2.55. The van der Waals surface area contributed by atoms with Gasteiger partial charge >= 0.3 is 0 Å². The van der Waals surface area contributed by atoms with Gasteiger partial charge in [-0.1, -0.05) is 232 Å². The minimum Gasteiger partial charge on any atom is -0.311 e. The van der Waals surface area contributed by atoms with Crippen LogP contribution in [0.4, 0.5) is 34.1 Å². The fourth-order valence-electron chi connectivity index (χ4n) is 15.2. The van der Waals surface area contributed by atoms with Gasteiger partial charge in [0, 0.05) is 50.6 Å². The van der Waals surface area contributed by atoms with E-state index in [0.29, 0.717) is 0 Å². The Kier molecular flexibility index (Phi) is 11.2. The molecule has 2 aliphatic heterocycles. The number of benzene rings is 14. The molecule has 0 unspecified atom stereocenters. The van der Waals surface area contributed by atoms with E-state index in [1.54, 1.807) is 0 Å². The van der Waals surface area contributed by atoms with Crippen LogP contribution in [0.2, 0.25) is 0 Å². The van der Waals surface area contributed by atoms with Crippen molar-refractivity contribution < 1.29 is 0 Å². The van der Waals surface area contributed by atoms with E-state index in [2.05, 4.69) is 325 Å². The number of fused-ring (bicyclic) bond motifs is 19. The molecule has 15 aromatic rings. The lowest BCUT2D eigenvalue weighted by Gasteiger charge is -2.45. The number of hydrogen-bond donors (Lipinski definition) is 0. The third kappa shape index (κ3) is 7.83. The highest BCUT2D eigenvalue weighted by Gasteiger charge is 2.45. The maximum absolute atomic E-state index is 2.65. The number of aromatic nitrogens is 1. The Morgan fingerprint density at radius 3 is 1.11 bits per heavy atom. The van der Waals surface area contributed by atoms with Gasteiger partial charge in [-0.2, -0.15) is 0 Å². The second kappa shape index (κ2) is 18.8. The molecule has 422 valence electrons. The van der Waals surface area contributed by atoms with E-state index in [4.69, 9.17) is 0 Å². The van der Waals surface area contributed by atoms with Crippen LogP contribution in [0.5, 0.6) is 0 Å². The van der Waals surface area contributed by atoms with E-state index in [1.807, 2.05) is 0 Å². The largest absolute Gasteiger partial charge is 0.311 e. The van der Waals surface area contributed by atoms with Crippen LogP contribution >= 0.6 is 0 Å². The Labute approximate surface area is 515 Å². The monoisotopic (exact) mass is 1130 g/mol. The molecule has 0 fully saturated rings. The molecule has 3 heterocycles. The summed E-state index contributed by atoms with van der Waals surface area (Å²) in [6, 6.07) is 95.6. The standard InChI is InChI=1S/C84H68BN3/c1-82(2,3)53-32-41-75-71(44-53)72-45-54(83(4,5)6)33-42-76(72)86(75)58-36-39-73-78(50-58)88(57-35-38-68-64-28-16-14-24-60(64)62-26-18-20-30-66(62)70(68)49-57)80-47-55(84(7,8)9)46-79-81(80)85(73)74-43-52(51-21-11-10-12-22-51)31-40-77(74)87(79)56-34-37-67-63-27-15-13-23-59(63)61-25-17-19-29-65(61)69(67)48-56/h10-50H,1-9H3. The Bertz CT molecular complexity index is 5330. The van der Waals surface area contributed by atoms with Gasteiger partial charge < -0.3 is 14.4 Å². The average molecular weight is 1130 g/mol. The van der Waals surface area contributed by atoms with E-state index < -0.39 is 0 Å². The van der Waals surface area contributed by atoms with Crippen molar-refractivity contribution in [3.05, 3.63) is 265 Å². The lowest BCUT2D eigenvalue weighted by atomic mass is 9.33. The molecule has 3 nitrogen and oxygen atoms in total. The second-order valence-electron chi connectivity index (χ2n) is 28.1. The zero-order chi connectivity index (χ0) is 59.7. The summed E-state index contributed by atoms with van der Waals surface area (Å²) in [5, 5.41) is 17.7. The summed E-state index contributed by atoms with van der Waals surface area (Å²) in [5.41, 5.74) is 20.6. The number of nitrogens with zero attached hydrogens (tertiary/aromatic N) is 3. The van der Waals surface area contributed by atoms with E-state index >= 15 is 0 Å². The average Bonchev–Trinajstić information content (AvgIpc) is 0.749. The number of rotatable bonds is 4. The van der Waals surface area contributed by atoms with Crippen molar-refractivity contribution in [3.8, 4) is 16.8 Å². The zero-order valence-corrected chi connectivity index (χ0v) is 51.6. The smallest absolute Gasteiger partial charge is 0.252 e. The van der Waals surface area contributed by atoms with Crippen molar-refractivity contribution in [1.29, 1.82) is 0 Å². The molecule has 2 aliphatic rings. The van der Waals surface area contributed by atoms with Crippen LogP contribution < -0.4 is 26.2 Å². The van der Waals surface area contributed by atoms with Crippen LogP contribution in [0, 0.1) is 0 Å². The molecular weight excluding hydrogens is 1060 g/mol. The van der Waals surface area contributed by atoms with E-state index in [9.17, 15) is 0 Å². The van der Waals surface area contributed by atoms with Gasteiger partial charge in [0.05, 0.1) is 11.0 Å². The molecular formula is C84H68BN3. The van der Waals surface area contributed by atoms with Gasteiger partial charge in [0.15, 0.2) is 0 Å². The summed E-state index contributed by atoms with van der Waals surface area (Å²) in [6.07, 6.45) is 0. The van der Waals surface area contributed by atoms with Gasteiger partial charge in [-0.05, 0) is 204 Å². The molecule has 0 saturated carbocycles. The topological polar surface area (TPSA) is 11.4 Å². The Balaban J connectivity index is 0.993. The molecule has 0 aliphatic carbocycles. The predicted molar refractivity (Wildman–Crippen MR) is 381 cm³/mol. The summed E-state index contributed by atoms with van der Waals surface area (Å²) in [4.78, 5) is 5.27. The van der Waals surface area contributed by atoms with Crippen LogP contribution in [0.1, 0.15) is 79.0 Å². The van der Waals surface area contributed by atoms with Gasteiger partial charge in [0.1, 0.15) is 0 Å². The summed E-state index contributed by atoms with van der Waals surface area (Å²) in [5.74, 6) is 0. The minimum absolute atomic E-state index is 0.0179. The van der Waals surface area contributed by atoms with E-state index in [-0.39, 0.29) is 23.0 Å². The third-order valence-corrected chi connectivity index (χ3v) is 19.8. The van der Waals surface area contributed by atoms with Crippen LogP contribution in [0.3, 0.4) is 0 Å². The lowest BCUT2D eigenvalue weighted by Crippen LogP contribution is -2.61. The highest BCUT2D eigenvalue weighted by atomic mass is 15.2. The molecule has 4 heteroatoms. The second-order valence-corrected chi connectivity index (χ2v) is 28.1. The van der Waals surface area contributed by atoms with Crippen LogP contribution in [0.15, 0.2) is 249 Å². The molecule has 0 amide bonds. The van der Waals surface area contributed by atoms with Crippen molar-refractivity contribution >= 4 is 144 Å². The van der Waals surface area contributed by atoms with Gasteiger partial charge in [-0.3, -0.25) is 0 Å². The highest BCUT2D eigenvalue weighted by molar-refractivity contribution is 7.00. The summed E-state index contributed by atoms with van der Waals surface area (Å²) in [7, 11) is 0. The van der Waals surface area contributed by atoms with Crippen LogP contribution in [-0.4, -0.2) is 11.3 Å². The fourth-order valence-corrected chi connectivity index (χ4v) is 15.2. The molecule has 0 saturated heterocycles. The SMILES string of the molecule is CC(C)(C)c1cc2c3c(c1)N(c1ccc4c5ccccc5c5ccccc5c4c1)c1cc(-n4c5ccc(C(C)(C)C)cc5c5cc(C(C)(C)C)ccc54)ccc1B3c1cc(-c3ccccc3)ccc1N2c1ccc2c3ccccc3c3ccccc3c2c1. The Hall–Kier alpha value is -9.90. The van der Waals surface area contributed by atoms with Crippen molar-refractivity contribution in [1.82, 2.24) is 4.57 Å². The molecule has 1 aromatic heterocycles. The maximum Gasteiger partial charge on any atom is 0.252 e.